The highest BCUT2D eigenvalue weighted by atomic mass is 32.2. The Morgan fingerprint density at radius 3 is 2.46 bits per heavy atom. The summed E-state index contributed by atoms with van der Waals surface area (Å²) in [5.74, 6) is 0.154. The number of nitrogens with one attached hydrogen (secondary N) is 2. The van der Waals surface area contributed by atoms with Crippen LogP contribution in [0.25, 0.3) is 0 Å². The minimum absolute atomic E-state index is 0.00366. The van der Waals surface area contributed by atoms with Gasteiger partial charge in [-0.25, -0.2) is 8.42 Å². The van der Waals surface area contributed by atoms with Gasteiger partial charge in [0.2, 0.25) is 0 Å². The van der Waals surface area contributed by atoms with E-state index in [1.165, 1.54) is 12.1 Å². The van der Waals surface area contributed by atoms with Crippen molar-refractivity contribution >= 4 is 27.3 Å². The molecule has 178 valence electrons. The van der Waals surface area contributed by atoms with Gasteiger partial charge < -0.3 is 10.1 Å². The highest BCUT2D eigenvalue weighted by molar-refractivity contribution is 7.92. The van der Waals surface area contributed by atoms with Gasteiger partial charge in [0.25, 0.3) is 15.9 Å². The quantitative estimate of drug-likeness (QED) is 0.350. The number of ether oxygens (including phenoxy) is 1. The summed E-state index contributed by atoms with van der Waals surface area (Å²) in [5.41, 5.74) is 3.51. The first-order chi connectivity index (χ1) is 16.8. The molecule has 0 aliphatic rings. The normalized spacial score (nSPS) is 11.0. The van der Waals surface area contributed by atoms with Crippen molar-refractivity contribution in [1.29, 1.82) is 0 Å². The number of hydrogen-bond donors (Lipinski definition) is 2. The molecule has 4 rings (SSSR count). The molecule has 0 saturated carbocycles. The number of rotatable bonds is 8. The number of carbonyl (C=O) groups is 1. The summed E-state index contributed by atoms with van der Waals surface area (Å²) in [6.07, 6.45) is 1.70. The van der Waals surface area contributed by atoms with Crippen LogP contribution in [0.5, 0.6) is 5.75 Å². The van der Waals surface area contributed by atoms with Gasteiger partial charge in [-0.1, -0.05) is 36.4 Å². The van der Waals surface area contributed by atoms with Crippen LogP contribution in [0.15, 0.2) is 96.0 Å². The van der Waals surface area contributed by atoms with Crippen molar-refractivity contribution in [2.45, 2.75) is 25.3 Å². The van der Waals surface area contributed by atoms with E-state index in [-0.39, 0.29) is 10.5 Å². The first-order valence-corrected chi connectivity index (χ1v) is 12.4. The maximum absolute atomic E-state index is 13.0. The lowest BCUT2D eigenvalue weighted by Crippen LogP contribution is -2.17. The molecular weight excluding hydrogens is 462 g/mol. The van der Waals surface area contributed by atoms with Crippen LogP contribution < -0.4 is 14.8 Å². The zero-order valence-electron chi connectivity index (χ0n) is 19.4. The van der Waals surface area contributed by atoms with Crippen LogP contribution in [-0.2, 0) is 16.6 Å². The van der Waals surface area contributed by atoms with Gasteiger partial charge in [-0.3, -0.25) is 14.5 Å². The minimum atomic E-state index is -3.88. The number of carbonyl (C=O) groups excluding carboxylic acids is 1. The fourth-order valence-corrected chi connectivity index (χ4v) is 4.56. The van der Waals surface area contributed by atoms with E-state index in [0.29, 0.717) is 29.3 Å². The van der Waals surface area contributed by atoms with E-state index in [1.54, 1.807) is 55.6 Å². The van der Waals surface area contributed by atoms with E-state index >= 15 is 0 Å². The monoisotopic (exact) mass is 487 g/mol. The molecule has 0 aliphatic heterocycles. The molecule has 0 unspecified atom stereocenters. The standard InChI is InChI=1S/C27H25N3O4S/c1-19-13-14-24(35(32,33)30-26-12-4-3-8-20(26)2)17-25(19)27(31)29-21-10-7-11-23(16-21)34-18-22-9-5-6-15-28-22/h3-17,30H,18H2,1-2H3,(H,29,31). The van der Waals surface area contributed by atoms with Crippen molar-refractivity contribution < 1.29 is 17.9 Å². The Morgan fingerprint density at radius 2 is 1.69 bits per heavy atom. The smallest absolute Gasteiger partial charge is 0.261 e. The molecule has 1 heterocycles. The molecule has 0 spiro atoms. The molecule has 35 heavy (non-hydrogen) atoms. The number of pyridine rings is 1. The summed E-state index contributed by atoms with van der Waals surface area (Å²) in [6, 6.07) is 24.2. The fourth-order valence-electron chi connectivity index (χ4n) is 3.41. The third-order valence-electron chi connectivity index (χ3n) is 5.36. The number of hydrogen-bond acceptors (Lipinski definition) is 5. The van der Waals surface area contributed by atoms with Crippen LogP contribution in [0.1, 0.15) is 27.2 Å². The lowest BCUT2D eigenvalue weighted by molar-refractivity contribution is 0.102. The van der Waals surface area contributed by atoms with Gasteiger partial charge in [-0.05, 0) is 67.4 Å². The molecule has 0 aliphatic carbocycles. The Bertz CT molecular complexity index is 1450. The molecule has 0 radical (unpaired) electrons. The summed E-state index contributed by atoms with van der Waals surface area (Å²) in [5, 5.41) is 2.83. The third-order valence-corrected chi connectivity index (χ3v) is 6.72. The summed E-state index contributed by atoms with van der Waals surface area (Å²) >= 11 is 0. The highest BCUT2D eigenvalue weighted by Gasteiger charge is 2.19. The molecule has 7 nitrogen and oxygen atoms in total. The van der Waals surface area contributed by atoms with Crippen molar-refractivity contribution in [3.05, 3.63) is 114 Å². The first-order valence-electron chi connectivity index (χ1n) is 10.9. The Kier molecular flexibility index (Phi) is 7.12. The second kappa shape index (κ2) is 10.4. The molecule has 0 bridgehead atoms. The average Bonchev–Trinajstić information content (AvgIpc) is 2.85. The Hall–Kier alpha value is -4.17. The zero-order valence-corrected chi connectivity index (χ0v) is 20.2. The molecule has 1 amide bonds. The SMILES string of the molecule is Cc1ccccc1NS(=O)(=O)c1ccc(C)c(C(=O)Nc2cccc(OCc3ccccn3)c2)c1. The Morgan fingerprint density at radius 1 is 0.886 bits per heavy atom. The molecule has 0 fully saturated rings. The minimum Gasteiger partial charge on any atom is -0.487 e. The van der Waals surface area contributed by atoms with Gasteiger partial charge in [0.1, 0.15) is 12.4 Å². The van der Waals surface area contributed by atoms with Gasteiger partial charge in [-0.2, -0.15) is 0 Å². The second-order valence-electron chi connectivity index (χ2n) is 7.99. The second-order valence-corrected chi connectivity index (χ2v) is 9.67. The van der Waals surface area contributed by atoms with Crippen molar-refractivity contribution in [1.82, 2.24) is 4.98 Å². The number of para-hydroxylation sites is 1. The van der Waals surface area contributed by atoms with E-state index in [0.717, 1.165) is 11.3 Å². The number of nitrogens with zero attached hydrogens (tertiary/aromatic N) is 1. The maximum Gasteiger partial charge on any atom is 0.261 e. The van der Waals surface area contributed by atoms with Crippen LogP contribution >= 0.6 is 0 Å². The largest absolute Gasteiger partial charge is 0.487 e. The predicted molar refractivity (Wildman–Crippen MR) is 136 cm³/mol. The molecular formula is C27H25N3O4S. The number of sulfonamides is 1. The van der Waals surface area contributed by atoms with Gasteiger partial charge in [0, 0.05) is 23.5 Å². The predicted octanol–water partition coefficient (Wildman–Crippen LogP) is 5.33. The maximum atomic E-state index is 13.0. The molecule has 0 atom stereocenters. The Balaban J connectivity index is 1.50. The number of aryl methyl sites for hydroxylation is 2. The van der Waals surface area contributed by atoms with Crippen molar-refractivity contribution in [2.24, 2.45) is 0 Å². The molecule has 4 aromatic rings. The van der Waals surface area contributed by atoms with Crippen LogP contribution in [0, 0.1) is 13.8 Å². The molecule has 2 N–H and O–H groups in total. The summed E-state index contributed by atoms with van der Waals surface area (Å²) in [6.45, 7) is 3.87. The lowest BCUT2D eigenvalue weighted by Gasteiger charge is -2.13. The Labute approximate surface area is 204 Å². The van der Waals surface area contributed by atoms with Gasteiger partial charge >= 0.3 is 0 Å². The number of benzene rings is 3. The summed E-state index contributed by atoms with van der Waals surface area (Å²) < 4.78 is 34.3. The van der Waals surface area contributed by atoms with E-state index in [1.807, 2.05) is 37.3 Å². The molecule has 1 aromatic heterocycles. The first kappa shape index (κ1) is 24.0. The fraction of sp³-hybridized carbons (Fsp3) is 0.111. The van der Waals surface area contributed by atoms with E-state index in [4.69, 9.17) is 4.74 Å². The number of anilines is 2. The molecule has 0 saturated heterocycles. The van der Waals surface area contributed by atoms with E-state index < -0.39 is 15.9 Å². The van der Waals surface area contributed by atoms with Gasteiger partial charge in [-0.15, -0.1) is 0 Å². The highest BCUT2D eigenvalue weighted by Crippen LogP contribution is 2.23. The number of amides is 1. The van der Waals surface area contributed by atoms with E-state index in [9.17, 15) is 13.2 Å². The summed E-state index contributed by atoms with van der Waals surface area (Å²) in [7, 11) is -3.88. The van der Waals surface area contributed by atoms with Crippen LogP contribution in [0.2, 0.25) is 0 Å². The third kappa shape index (κ3) is 6.04. The van der Waals surface area contributed by atoms with Crippen LogP contribution in [0.4, 0.5) is 11.4 Å². The average molecular weight is 488 g/mol. The zero-order chi connectivity index (χ0) is 24.8. The topological polar surface area (TPSA) is 97.4 Å². The summed E-state index contributed by atoms with van der Waals surface area (Å²) in [4.78, 5) is 17.3. The number of aromatic nitrogens is 1. The molecule has 8 heteroatoms. The van der Waals surface area contributed by atoms with E-state index in [2.05, 4.69) is 15.0 Å². The van der Waals surface area contributed by atoms with Crippen LogP contribution in [-0.4, -0.2) is 19.3 Å². The van der Waals surface area contributed by atoms with Crippen molar-refractivity contribution in [3.63, 3.8) is 0 Å². The molecule has 3 aromatic carbocycles. The van der Waals surface area contributed by atoms with Gasteiger partial charge in [0.15, 0.2) is 0 Å². The van der Waals surface area contributed by atoms with Gasteiger partial charge in [0.05, 0.1) is 16.3 Å². The van der Waals surface area contributed by atoms with Crippen LogP contribution in [0.3, 0.4) is 0 Å². The lowest BCUT2D eigenvalue weighted by atomic mass is 10.1. The van der Waals surface area contributed by atoms with Crippen molar-refractivity contribution in [2.75, 3.05) is 10.0 Å². The van der Waals surface area contributed by atoms with Crippen molar-refractivity contribution in [3.8, 4) is 5.75 Å².